The van der Waals surface area contributed by atoms with Crippen molar-refractivity contribution in [1.29, 1.82) is 0 Å². The Kier molecular flexibility index (Phi) is 5.91. The van der Waals surface area contributed by atoms with Crippen LogP contribution in [0.4, 0.5) is 5.69 Å². The first kappa shape index (κ1) is 19.1. The molecule has 0 saturated heterocycles. The number of hydrogen-bond donors (Lipinski definition) is 2. The van der Waals surface area contributed by atoms with Gasteiger partial charge in [0.25, 0.3) is 0 Å². The van der Waals surface area contributed by atoms with Gasteiger partial charge in [-0.15, -0.1) is 11.8 Å². The van der Waals surface area contributed by atoms with Gasteiger partial charge in [0, 0.05) is 16.9 Å². The molecule has 2 atom stereocenters. The highest BCUT2D eigenvalue weighted by atomic mass is 32.2. The number of methoxy groups -OCH3 is 2. The van der Waals surface area contributed by atoms with Crippen molar-refractivity contribution < 1.29 is 19.1 Å². The molecule has 6 nitrogen and oxygen atoms in total. The van der Waals surface area contributed by atoms with E-state index in [1.165, 1.54) is 11.8 Å². The molecule has 7 heteroatoms. The predicted molar refractivity (Wildman–Crippen MR) is 105 cm³/mol. The molecular formula is C20H22N2O4S. The maximum Gasteiger partial charge on any atom is 0.238 e. The van der Waals surface area contributed by atoms with Crippen LogP contribution >= 0.6 is 11.8 Å². The number of fused-ring (bicyclic) bond motifs is 1. The molecule has 1 heterocycles. The highest BCUT2D eigenvalue weighted by Crippen LogP contribution is 2.36. The van der Waals surface area contributed by atoms with Gasteiger partial charge in [-0.05, 0) is 37.3 Å². The first-order chi connectivity index (χ1) is 13.0. The molecular weight excluding hydrogens is 364 g/mol. The molecule has 0 unspecified atom stereocenters. The van der Waals surface area contributed by atoms with Gasteiger partial charge in [-0.2, -0.15) is 0 Å². The van der Waals surface area contributed by atoms with Crippen LogP contribution in [0.5, 0.6) is 11.5 Å². The molecule has 0 aromatic heterocycles. The summed E-state index contributed by atoms with van der Waals surface area (Å²) >= 11 is 1.41. The summed E-state index contributed by atoms with van der Waals surface area (Å²) in [6.45, 7) is 1.87. The van der Waals surface area contributed by atoms with Crippen molar-refractivity contribution in [3.63, 3.8) is 0 Å². The van der Waals surface area contributed by atoms with E-state index in [1.807, 2.05) is 37.3 Å². The summed E-state index contributed by atoms with van der Waals surface area (Å²) in [7, 11) is 3.17. The van der Waals surface area contributed by atoms with Gasteiger partial charge < -0.3 is 20.1 Å². The molecule has 0 fully saturated rings. The van der Waals surface area contributed by atoms with Crippen LogP contribution in [-0.2, 0) is 9.59 Å². The highest BCUT2D eigenvalue weighted by Gasteiger charge is 2.29. The summed E-state index contributed by atoms with van der Waals surface area (Å²) in [6.07, 6.45) is 0.0987. The molecule has 1 aliphatic heterocycles. The molecule has 2 aromatic carbocycles. The zero-order chi connectivity index (χ0) is 19.4. The van der Waals surface area contributed by atoms with Gasteiger partial charge in [0.15, 0.2) is 0 Å². The predicted octanol–water partition coefficient (Wildman–Crippen LogP) is 3.38. The third-order valence-corrected chi connectivity index (χ3v) is 5.63. The number of anilines is 1. The molecule has 2 N–H and O–H groups in total. The summed E-state index contributed by atoms with van der Waals surface area (Å²) in [5.74, 6) is 1.01. The van der Waals surface area contributed by atoms with E-state index in [0.717, 1.165) is 16.1 Å². The molecule has 0 bridgehead atoms. The zero-order valence-electron chi connectivity index (χ0n) is 15.4. The fraction of sp³-hybridized carbons (Fsp3) is 0.300. The molecule has 0 radical (unpaired) electrons. The van der Waals surface area contributed by atoms with Crippen LogP contribution < -0.4 is 20.1 Å². The minimum absolute atomic E-state index is 0.0987. The van der Waals surface area contributed by atoms with Crippen LogP contribution in [-0.4, -0.2) is 31.3 Å². The van der Waals surface area contributed by atoms with E-state index in [2.05, 4.69) is 10.6 Å². The number of carbonyl (C=O) groups is 2. The molecule has 2 amide bonds. The Bertz CT molecular complexity index is 856. The lowest BCUT2D eigenvalue weighted by Crippen LogP contribution is -2.35. The minimum atomic E-state index is -0.459. The van der Waals surface area contributed by atoms with Crippen LogP contribution in [0, 0.1) is 0 Å². The van der Waals surface area contributed by atoms with Crippen molar-refractivity contribution in [2.24, 2.45) is 0 Å². The van der Waals surface area contributed by atoms with Crippen LogP contribution in [0.3, 0.4) is 0 Å². The monoisotopic (exact) mass is 386 g/mol. The third kappa shape index (κ3) is 4.36. The standard InChI is InChI=1S/C20H22N2O4S/c1-12(14-10-13(25-2)8-9-16(14)26-3)21-19(23)11-18-20(24)22-15-6-4-5-7-17(15)27-18/h4-10,12,18H,11H2,1-3H3,(H,21,23)(H,22,24)/t12-,18-/m1/s1. The first-order valence-electron chi connectivity index (χ1n) is 8.59. The Morgan fingerprint density at radius 1 is 1.22 bits per heavy atom. The number of nitrogens with one attached hydrogen (secondary N) is 2. The second kappa shape index (κ2) is 8.35. The Morgan fingerprint density at radius 3 is 2.74 bits per heavy atom. The number of benzene rings is 2. The van der Waals surface area contributed by atoms with Crippen molar-refractivity contribution in [3.05, 3.63) is 48.0 Å². The Hall–Kier alpha value is -2.67. The van der Waals surface area contributed by atoms with Gasteiger partial charge in [0.05, 0.1) is 31.2 Å². The smallest absolute Gasteiger partial charge is 0.238 e. The Labute approximate surface area is 162 Å². The lowest BCUT2D eigenvalue weighted by Gasteiger charge is -2.24. The maximum absolute atomic E-state index is 12.5. The average molecular weight is 386 g/mol. The van der Waals surface area contributed by atoms with Crippen molar-refractivity contribution >= 4 is 29.3 Å². The zero-order valence-corrected chi connectivity index (χ0v) is 16.3. The van der Waals surface area contributed by atoms with E-state index in [0.29, 0.717) is 11.5 Å². The number of ether oxygens (including phenoxy) is 2. The van der Waals surface area contributed by atoms with Gasteiger partial charge in [-0.1, -0.05) is 12.1 Å². The molecule has 0 aliphatic carbocycles. The number of para-hydroxylation sites is 1. The van der Waals surface area contributed by atoms with Crippen molar-refractivity contribution in [3.8, 4) is 11.5 Å². The summed E-state index contributed by atoms with van der Waals surface area (Å²) in [6, 6.07) is 12.7. The van der Waals surface area contributed by atoms with Gasteiger partial charge in [0.2, 0.25) is 11.8 Å². The fourth-order valence-electron chi connectivity index (χ4n) is 2.95. The van der Waals surface area contributed by atoms with E-state index in [1.54, 1.807) is 26.4 Å². The van der Waals surface area contributed by atoms with Gasteiger partial charge in [-0.25, -0.2) is 0 Å². The molecule has 0 saturated carbocycles. The molecule has 3 rings (SSSR count). The normalized spacial score (nSPS) is 16.7. The SMILES string of the molecule is COc1ccc(OC)c([C@@H](C)NC(=O)C[C@H]2Sc3ccccc3NC2=O)c1. The van der Waals surface area contributed by atoms with Gasteiger partial charge in [0.1, 0.15) is 11.5 Å². The number of rotatable bonds is 6. The second-order valence-electron chi connectivity index (χ2n) is 6.19. The fourth-order valence-corrected chi connectivity index (χ4v) is 4.06. The van der Waals surface area contributed by atoms with E-state index in [-0.39, 0.29) is 24.3 Å². The molecule has 27 heavy (non-hydrogen) atoms. The number of amides is 2. The highest BCUT2D eigenvalue weighted by molar-refractivity contribution is 8.01. The summed E-state index contributed by atoms with van der Waals surface area (Å²) in [5.41, 5.74) is 1.61. The Balaban J connectivity index is 1.67. The largest absolute Gasteiger partial charge is 0.497 e. The number of hydrogen-bond acceptors (Lipinski definition) is 5. The van der Waals surface area contributed by atoms with Crippen molar-refractivity contribution in [2.45, 2.75) is 29.5 Å². The lowest BCUT2D eigenvalue weighted by molar-refractivity contribution is -0.124. The minimum Gasteiger partial charge on any atom is -0.497 e. The second-order valence-corrected chi connectivity index (χ2v) is 7.44. The molecule has 2 aromatic rings. The van der Waals surface area contributed by atoms with Crippen LogP contribution in [0.15, 0.2) is 47.4 Å². The van der Waals surface area contributed by atoms with Crippen molar-refractivity contribution in [2.75, 3.05) is 19.5 Å². The summed E-state index contributed by atoms with van der Waals surface area (Å²) in [4.78, 5) is 25.8. The molecule has 142 valence electrons. The van der Waals surface area contributed by atoms with Gasteiger partial charge in [-0.3, -0.25) is 9.59 Å². The van der Waals surface area contributed by atoms with Gasteiger partial charge >= 0.3 is 0 Å². The topological polar surface area (TPSA) is 76.7 Å². The molecule has 1 aliphatic rings. The summed E-state index contributed by atoms with van der Waals surface area (Å²) < 4.78 is 10.6. The maximum atomic E-state index is 12.5. The first-order valence-corrected chi connectivity index (χ1v) is 9.47. The quantitative estimate of drug-likeness (QED) is 0.796. The summed E-state index contributed by atoms with van der Waals surface area (Å²) in [5, 5.41) is 5.34. The van der Waals surface area contributed by atoms with Crippen LogP contribution in [0.25, 0.3) is 0 Å². The van der Waals surface area contributed by atoms with E-state index in [9.17, 15) is 9.59 Å². The van der Waals surface area contributed by atoms with Crippen LogP contribution in [0.1, 0.15) is 24.9 Å². The third-order valence-electron chi connectivity index (χ3n) is 4.36. The van der Waals surface area contributed by atoms with E-state index >= 15 is 0 Å². The van der Waals surface area contributed by atoms with Crippen LogP contribution in [0.2, 0.25) is 0 Å². The van der Waals surface area contributed by atoms with E-state index < -0.39 is 5.25 Å². The number of thioether (sulfide) groups is 1. The van der Waals surface area contributed by atoms with Crippen molar-refractivity contribution in [1.82, 2.24) is 5.32 Å². The average Bonchev–Trinajstić information content (AvgIpc) is 2.67. The lowest BCUT2D eigenvalue weighted by atomic mass is 10.1. The van der Waals surface area contributed by atoms with E-state index in [4.69, 9.17) is 9.47 Å². The number of carbonyl (C=O) groups excluding carboxylic acids is 2. The Morgan fingerprint density at radius 2 is 2.00 bits per heavy atom. The molecule has 0 spiro atoms.